The third-order valence-electron chi connectivity index (χ3n) is 3.25. The van der Waals surface area contributed by atoms with E-state index in [1.807, 2.05) is 19.1 Å². The molecule has 0 radical (unpaired) electrons. The summed E-state index contributed by atoms with van der Waals surface area (Å²) in [5, 5.41) is 0. The minimum absolute atomic E-state index is 0.434. The molecule has 0 aromatic heterocycles. The summed E-state index contributed by atoms with van der Waals surface area (Å²) in [5.74, 6) is -0.330. The third kappa shape index (κ3) is 1.84. The first-order valence-corrected chi connectivity index (χ1v) is 8.70. The Hall–Kier alpha value is 0.290. The van der Waals surface area contributed by atoms with Crippen LogP contribution in [0, 0.1) is 0 Å². The second-order valence-electron chi connectivity index (χ2n) is 4.50. The number of hydrogen-bond acceptors (Lipinski definition) is 3. The van der Waals surface area contributed by atoms with Gasteiger partial charge in [-0.25, -0.2) is 0 Å². The molecule has 1 atom stereocenters. The summed E-state index contributed by atoms with van der Waals surface area (Å²) in [6, 6.07) is 7.11. The van der Waals surface area contributed by atoms with E-state index in [1.165, 1.54) is 0 Å². The minimum Gasteiger partial charge on any atom is -0.474 e. The van der Waals surface area contributed by atoms with Gasteiger partial charge >= 0.3 is 0 Å². The number of fused-ring (bicyclic) bond motifs is 2. The van der Waals surface area contributed by atoms with Gasteiger partial charge in [-0.2, -0.15) is 0 Å². The normalized spacial score (nSPS) is 28.0. The van der Waals surface area contributed by atoms with Gasteiger partial charge in [-0.1, -0.05) is 69.4 Å². The van der Waals surface area contributed by atoms with Crippen LogP contribution in [0.3, 0.4) is 0 Å². The van der Waals surface area contributed by atoms with Crippen LogP contribution in [0.4, 0.5) is 0 Å². The van der Waals surface area contributed by atoms with Crippen molar-refractivity contribution in [1.29, 1.82) is 0 Å². The van der Waals surface area contributed by atoms with Crippen LogP contribution in [0.5, 0.6) is 0 Å². The predicted octanol–water partition coefficient (Wildman–Crippen LogP) is 3.91. The fourth-order valence-electron chi connectivity index (χ4n) is 2.22. The molecule has 0 amide bonds. The van der Waals surface area contributed by atoms with Crippen LogP contribution in [0.25, 0.3) is 5.76 Å². The average molecular weight is 592 g/mol. The highest BCUT2D eigenvalue weighted by Gasteiger charge is 2.59. The van der Waals surface area contributed by atoms with E-state index in [0.29, 0.717) is 16.9 Å². The molecule has 0 fully saturated rings. The number of halogens is 3. The zero-order valence-corrected chi connectivity index (χ0v) is 16.1. The van der Waals surface area contributed by atoms with Gasteiger partial charge in [0.1, 0.15) is 5.76 Å². The van der Waals surface area contributed by atoms with Gasteiger partial charge in [0, 0.05) is 11.1 Å². The summed E-state index contributed by atoms with van der Waals surface area (Å²) in [5.41, 5.74) is 1.64. The number of rotatable bonds is 0. The smallest absolute Gasteiger partial charge is 0.235 e. The molecule has 0 saturated heterocycles. The molecule has 1 aromatic rings. The Morgan fingerprint density at radius 3 is 2.21 bits per heavy atom. The molecule has 0 spiro atoms. The topological polar surface area (TPSA) is 43.4 Å². The Morgan fingerprint density at radius 2 is 1.58 bits per heavy atom. The molecule has 1 unspecified atom stereocenters. The van der Waals surface area contributed by atoms with Gasteiger partial charge in [0.25, 0.3) is 0 Å². The summed E-state index contributed by atoms with van der Waals surface area (Å²) >= 11 is 6.57. The van der Waals surface area contributed by atoms with Gasteiger partial charge in [-0.3, -0.25) is 9.59 Å². The van der Waals surface area contributed by atoms with E-state index < -0.39 is 16.6 Å². The zero-order valence-electron chi connectivity index (χ0n) is 9.67. The molecule has 3 rings (SSSR count). The number of benzene rings is 1. The van der Waals surface area contributed by atoms with E-state index >= 15 is 0 Å². The standard InChI is InChI=1S/C13H7I3O3/c1-12(14)13(15,16)8-10(18)9(17)6-4-2-3-5-7(6)11(8)19-12/h2-5H,1H3. The molecular weight excluding hydrogens is 585 g/mol. The summed E-state index contributed by atoms with van der Waals surface area (Å²) in [4.78, 5) is 24.6. The maximum absolute atomic E-state index is 12.4. The zero-order chi connectivity index (χ0) is 14.0. The van der Waals surface area contributed by atoms with Crippen LogP contribution in [0.1, 0.15) is 22.8 Å². The van der Waals surface area contributed by atoms with E-state index in [2.05, 4.69) is 67.8 Å². The first kappa shape index (κ1) is 14.2. The van der Waals surface area contributed by atoms with Gasteiger partial charge in [-0.15, -0.1) is 0 Å². The number of carbonyl (C=O) groups excluding carboxylic acids is 2. The predicted molar refractivity (Wildman–Crippen MR) is 97.0 cm³/mol. The van der Waals surface area contributed by atoms with Crippen molar-refractivity contribution in [2.75, 3.05) is 0 Å². The Labute approximate surface area is 151 Å². The first-order valence-electron chi connectivity index (χ1n) is 5.46. The number of carbonyl (C=O) groups is 2. The van der Waals surface area contributed by atoms with Crippen molar-refractivity contribution < 1.29 is 14.3 Å². The molecule has 1 aliphatic heterocycles. The largest absolute Gasteiger partial charge is 0.474 e. The van der Waals surface area contributed by atoms with Crippen molar-refractivity contribution >= 4 is 85.1 Å². The molecule has 0 saturated carbocycles. The van der Waals surface area contributed by atoms with Crippen LogP contribution in [-0.4, -0.2) is 16.6 Å². The first-order chi connectivity index (χ1) is 8.77. The van der Waals surface area contributed by atoms with E-state index in [4.69, 9.17) is 4.74 Å². The van der Waals surface area contributed by atoms with Gasteiger partial charge in [-0.05, 0) is 29.5 Å². The summed E-state index contributed by atoms with van der Waals surface area (Å²) in [6.07, 6.45) is 0. The lowest BCUT2D eigenvalue weighted by atomic mass is 9.88. The van der Waals surface area contributed by atoms with Gasteiger partial charge in [0.15, 0.2) is 5.04 Å². The summed E-state index contributed by atoms with van der Waals surface area (Å²) < 4.78 is 4.87. The summed E-state index contributed by atoms with van der Waals surface area (Å²) in [6.45, 7) is 1.92. The summed E-state index contributed by atoms with van der Waals surface area (Å²) in [7, 11) is 0. The highest BCUT2D eigenvalue weighted by Crippen LogP contribution is 2.60. The van der Waals surface area contributed by atoms with Crippen LogP contribution in [-0.2, 0) is 9.53 Å². The molecule has 2 aliphatic rings. The van der Waals surface area contributed by atoms with Crippen molar-refractivity contribution in [2.45, 2.75) is 12.0 Å². The van der Waals surface area contributed by atoms with Crippen LogP contribution < -0.4 is 0 Å². The fraction of sp³-hybridized carbons (Fsp3) is 0.231. The number of ether oxygens (including phenoxy) is 1. The Kier molecular flexibility index (Phi) is 3.29. The highest BCUT2D eigenvalue weighted by molar-refractivity contribution is 14.2. The van der Waals surface area contributed by atoms with E-state index in [0.717, 1.165) is 5.56 Å². The van der Waals surface area contributed by atoms with Gasteiger partial charge < -0.3 is 4.74 Å². The van der Waals surface area contributed by atoms with Crippen LogP contribution in [0.2, 0.25) is 0 Å². The maximum atomic E-state index is 12.4. The molecule has 6 heteroatoms. The van der Waals surface area contributed by atoms with Crippen molar-refractivity contribution in [3.63, 3.8) is 0 Å². The molecule has 0 bridgehead atoms. The lowest BCUT2D eigenvalue weighted by Gasteiger charge is -2.29. The second-order valence-corrected chi connectivity index (χ2v) is 11.9. The Morgan fingerprint density at radius 1 is 1.00 bits per heavy atom. The highest BCUT2D eigenvalue weighted by atomic mass is 127. The van der Waals surface area contributed by atoms with Gasteiger partial charge in [0.2, 0.25) is 11.6 Å². The molecular formula is C13H7I3O3. The Balaban J connectivity index is 2.33. The SMILES string of the molecule is CC1(I)OC2=C(C(=O)C(=O)c3ccccc32)C1(I)I. The molecule has 1 heterocycles. The monoisotopic (exact) mass is 592 g/mol. The lowest BCUT2D eigenvalue weighted by Crippen LogP contribution is -2.38. The van der Waals surface area contributed by atoms with Gasteiger partial charge in [0.05, 0.1) is 5.57 Å². The van der Waals surface area contributed by atoms with Crippen molar-refractivity contribution in [2.24, 2.45) is 0 Å². The second kappa shape index (κ2) is 4.39. The minimum atomic E-state index is -0.566. The molecule has 3 nitrogen and oxygen atoms in total. The fourth-order valence-corrected chi connectivity index (χ4v) is 3.91. The van der Waals surface area contributed by atoms with Crippen LogP contribution >= 0.6 is 67.8 Å². The Bertz CT molecular complexity index is 659. The quantitative estimate of drug-likeness (QED) is 0.261. The van der Waals surface area contributed by atoms with E-state index in [9.17, 15) is 9.59 Å². The number of ketones is 2. The molecule has 19 heavy (non-hydrogen) atoms. The molecule has 0 N–H and O–H groups in total. The van der Waals surface area contributed by atoms with E-state index in [1.54, 1.807) is 12.1 Å². The van der Waals surface area contributed by atoms with Crippen molar-refractivity contribution in [3.05, 3.63) is 41.0 Å². The van der Waals surface area contributed by atoms with Crippen LogP contribution in [0.15, 0.2) is 29.8 Å². The molecule has 1 aliphatic carbocycles. The van der Waals surface area contributed by atoms with E-state index in [-0.39, 0.29) is 0 Å². The van der Waals surface area contributed by atoms with Crippen molar-refractivity contribution in [1.82, 2.24) is 0 Å². The number of Topliss-reactive ketones (excluding diaryl/α,β-unsaturated/α-hetero) is 2. The van der Waals surface area contributed by atoms with Crippen molar-refractivity contribution in [3.8, 4) is 0 Å². The lowest BCUT2D eigenvalue weighted by molar-refractivity contribution is -0.111. The maximum Gasteiger partial charge on any atom is 0.235 e. The third-order valence-corrected chi connectivity index (χ3v) is 9.48. The average Bonchev–Trinajstić information content (AvgIpc) is 2.53. The molecule has 1 aromatic carbocycles. The number of hydrogen-bond donors (Lipinski definition) is 0. The molecule has 98 valence electrons. The number of alkyl halides is 3.